The fourth-order valence-corrected chi connectivity index (χ4v) is 4.55. The Morgan fingerprint density at radius 2 is 1.88 bits per heavy atom. The van der Waals surface area contributed by atoms with Crippen LogP contribution in [0.15, 0.2) is 46.4 Å². The standard InChI is InChI=1S/C28H29F3N6O3/c1-15-13-20(28(29,30)31)7-8-21(15)34-25(32-5)19-6-9-22(16(2)12-19)36-10-11-37-24(27(36)40)18(4)23(35-37)26(39)33-17(3)14-38/h6-9,12-13,17,38H,5,10-11,14H2,1-4H3,(H,33,39)/b34-25-/t17-/m1/s1. The Morgan fingerprint density at radius 1 is 1.15 bits per heavy atom. The van der Waals surface area contributed by atoms with Crippen molar-refractivity contribution in [2.24, 2.45) is 9.98 Å². The molecule has 0 spiro atoms. The summed E-state index contributed by atoms with van der Waals surface area (Å²) in [6, 6.07) is 8.09. The number of aryl methyl sites for hydroxylation is 2. The molecule has 2 aromatic carbocycles. The Hall–Kier alpha value is -4.32. The normalized spacial score (nSPS) is 14.7. The van der Waals surface area contributed by atoms with Gasteiger partial charge in [0.1, 0.15) is 5.69 Å². The predicted octanol–water partition coefficient (Wildman–Crippen LogP) is 4.38. The molecule has 2 heterocycles. The first-order chi connectivity index (χ1) is 18.8. The lowest BCUT2D eigenvalue weighted by Gasteiger charge is -2.29. The maximum atomic E-state index is 13.5. The monoisotopic (exact) mass is 554 g/mol. The molecule has 0 radical (unpaired) electrons. The quantitative estimate of drug-likeness (QED) is 0.348. The number of alkyl halides is 3. The number of carbonyl (C=O) groups excluding carboxylic acids is 2. The van der Waals surface area contributed by atoms with Crippen molar-refractivity contribution < 1.29 is 27.9 Å². The predicted molar refractivity (Wildman–Crippen MR) is 146 cm³/mol. The van der Waals surface area contributed by atoms with Gasteiger partial charge in [-0.3, -0.25) is 14.3 Å². The van der Waals surface area contributed by atoms with E-state index in [2.05, 4.69) is 27.1 Å². The van der Waals surface area contributed by atoms with Crippen LogP contribution in [0.3, 0.4) is 0 Å². The third-order valence-corrected chi connectivity index (χ3v) is 6.68. The lowest BCUT2D eigenvalue weighted by atomic mass is 10.1. The number of anilines is 1. The summed E-state index contributed by atoms with van der Waals surface area (Å²) in [5, 5.41) is 16.2. The molecule has 1 aromatic heterocycles. The van der Waals surface area contributed by atoms with Crippen molar-refractivity contribution in [3.8, 4) is 0 Å². The first-order valence-electron chi connectivity index (χ1n) is 12.5. The number of amides is 2. The molecular weight excluding hydrogens is 525 g/mol. The zero-order valence-electron chi connectivity index (χ0n) is 22.5. The van der Waals surface area contributed by atoms with Crippen molar-refractivity contribution in [3.63, 3.8) is 0 Å². The van der Waals surface area contributed by atoms with Gasteiger partial charge >= 0.3 is 6.18 Å². The average molecular weight is 555 g/mol. The molecule has 1 atom stereocenters. The van der Waals surface area contributed by atoms with E-state index in [1.807, 2.05) is 6.92 Å². The Kier molecular flexibility index (Phi) is 7.92. The minimum Gasteiger partial charge on any atom is -0.394 e. The molecule has 0 saturated carbocycles. The van der Waals surface area contributed by atoms with E-state index in [4.69, 9.17) is 0 Å². The van der Waals surface area contributed by atoms with Crippen LogP contribution in [-0.4, -0.2) is 58.4 Å². The Labute approximate surface area is 229 Å². The molecule has 210 valence electrons. The van der Waals surface area contributed by atoms with Crippen molar-refractivity contribution in [2.45, 2.75) is 46.5 Å². The lowest BCUT2D eigenvalue weighted by Crippen LogP contribution is -2.41. The molecule has 9 nitrogen and oxygen atoms in total. The molecule has 0 unspecified atom stereocenters. The van der Waals surface area contributed by atoms with Gasteiger partial charge < -0.3 is 15.3 Å². The highest BCUT2D eigenvalue weighted by molar-refractivity contribution is 6.09. The van der Waals surface area contributed by atoms with E-state index in [0.29, 0.717) is 46.8 Å². The summed E-state index contributed by atoms with van der Waals surface area (Å²) in [7, 11) is 0. The number of aliphatic hydroxyl groups is 1. The van der Waals surface area contributed by atoms with Gasteiger partial charge in [0, 0.05) is 29.4 Å². The fourth-order valence-electron chi connectivity index (χ4n) is 4.55. The van der Waals surface area contributed by atoms with Crippen LogP contribution >= 0.6 is 0 Å². The van der Waals surface area contributed by atoms with Gasteiger partial charge in [-0.1, -0.05) is 0 Å². The van der Waals surface area contributed by atoms with Gasteiger partial charge in [-0.15, -0.1) is 0 Å². The molecule has 1 aliphatic heterocycles. The Morgan fingerprint density at radius 3 is 2.48 bits per heavy atom. The zero-order valence-corrected chi connectivity index (χ0v) is 22.5. The molecule has 2 N–H and O–H groups in total. The average Bonchev–Trinajstić information content (AvgIpc) is 3.25. The van der Waals surface area contributed by atoms with Crippen molar-refractivity contribution in [3.05, 3.63) is 75.6 Å². The molecule has 1 aliphatic rings. The minimum atomic E-state index is -4.45. The van der Waals surface area contributed by atoms with Crippen molar-refractivity contribution >= 4 is 35.7 Å². The van der Waals surface area contributed by atoms with Crippen molar-refractivity contribution in [1.82, 2.24) is 15.1 Å². The fraction of sp³-hybridized carbons (Fsp3) is 0.321. The van der Waals surface area contributed by atoms with E-state index >= 15 is 0 Å². The maximum absolute atomic E-state index is 13.5. The number of benzene rings is 2. The molecular formula is C28H29F3N6O3. The number of aliphatic imine (C=N–C) groups is 2. The van der Waals surface area contributed by atoms with Gasteiger partial charge in [-0.2, -0.15) is 18.3 Å². The highest BCUT2D eigenvalue weighted by atomic mass is 19.4. The summed E-state index contributed by atoms with van der Waals surface area (Å²) in [6.07, 6.45) is -4.45. The number of carbonyl (C=O) groups is 2. The van der Waals surface area contributed by atoms with Crippen LogP contribution in [0.4, 0.5) is 24.5 Å². The number of aromatic nitrogens is 2. The molecule has 2 amide bonds. The van der Waals surface area contributed by atoms with Crippen LogP contribution in [-0.2, 0) is 12.7 Å². The number of aliphatic hydroxyl groups excluding tert-OH is 1. The van der Waals surface area contributed by atoms with Crippen LogP contribution in [0, 0.1) is 20.8 Å². The van der Waals surface area contributed by atoms with Crippen molar-refractivity contribution in [1.29, 1.82) is 0 Å². The third kappa shape index (κ3) is 5.53. The van der Waals surface area contributed by atoms with E-state index in [9.17, 15) is 27.9 Å². The molecule has 3 aromatic rings. The van der Waals surface area contributed by atoms with E-state index in [1.54, 1.807) is 43.9 Å². The summed E-state index contributed by atoms with van der Waals surface area (Å²) in [5.41, 5.74) is 2.78. The second-order valence-electron chi connectivity index (χ2n) is 9.65. The summed E-state index contributed by atoms with van der Waals surface area (Å²) >= 11 is 0. The van der Waals surface area contributed by atoms with E-state index in [1.165, 1.54) is 10.7 Å². The van der Waals surface area contributed by atoms with Gasteiger partial charge in [0.25, 0.3) is 11.8 Å². The molecule has 40 heavy (non-hydrogen) atoms. The van der Waals surface area contributed by atoms with Crippen LogP contribution < -0.4 is 10.2 Å². The molecule has 0 bridgehead atoms. The minimum absolute atomic E-state index is 0.133. The summed E-state index contributed by atoms with van der Waals surface area (Å²) < 4.78 is 40.6. The highest BCUT2D eigenvalue weighted by Crippen LogP contribution is 2.33. The third-order valence-electron chi connectivity index (χ3n) is 6.68. The second-order valence-corrected chi connectivity index (χ2v) is 9.65. The first-order valence-corrected chi connectivity index (χ1v) is 12.5. The smallest absolute Gasteiger partial charge is 0.394 e. The molecule has 0 saturated heterocycles. The summed E-state index contributed by atoms with van der Waals surface area (Å²) in [6.45, 7) is 10.7. The van der Waals surface area contributed by atoms with Crippen LogP contribution in [0.5, 0.6) is 0 Å². The largest absolute Gasteiger partial charge is 0.416 e. The lowest BCUT2D eigenvalue weighted by molar-refractivity contribution is -0.137. The first kappa shape index (κ1) is 28.7. The van der Waals surface area contributed by atoms with Gasteiger partial charge in [-0.25, -0.2) is 9.98 Å². The molecule has 0 aliphatic carbocycles. The maximum Gasteiger partial charge on any atom is 0.416 e. The SMILES string of the molecule is C=N/C(=N\c1ccc(C(F)(F)F)cc1C)c1ccc(N2CCn3nc(C(=O)N[C@H](C)CO)c(C)c3C2=O)c(C)c1. The summed E-state index contributed by atoms with van der Waals surface area (Å²) in [4.78, 5) is 36.2. The highest BCUT2D eigenvalue weighted by Gasteiger charge is 2.33. The molecule has 12 heteroatoms. The van der Waals surface area contributed by atoms with Crippen molar-refractivity contribution in [2.75, 3.05) is 18.1 Å². The van der Waals surface area contributed by atoms with Crippen LogP contribution in [0.1, 0.15) is 55.7 Å². The van der Waals surface area contributed by atoms with Crippen LogP contribution in [0.25, 0.3) is 0 Å². The Balaban J connectivity index is 1.62. The topological polar surface area (TPSA) is 112 Å². The number of rotatable bonds is 6. The second kappa shape index (κ2) is 11.0. The number of halogens is 3. The number of nitrogens with one attached hydrogen (secondary N) is 1. The number of hydrogen-bond acceptors (Lipinski definition) is 5. The van der Waals surface area contributed by atoms with Gasteiger partial charge in [0.15, 0.2) is 11.5 Å². The molecule has 0 fully saturated rings. The number of nitrogens with zero attached hydrogens (tertiary/aromatic N) is 5. The zero-order chi connectivity index (χ0) is 29.4. The Bertz CT molecular complexity index is 1530. The molecule has 4 rings (SSSR count). The van der Waals surface area contributed by atoms with Crippen LogP contribution in [0.2, 0.25) is 0 Å². The van der Waals surface area contributed by atoms with E-state index < -0.39 is 23.7 Å². The van der Waals surface area contributed by atoms with Gasteiger partial charge in [0.05, 0.1) is 24.4 Å². The van der Waals surface area contributed by atoms with Gasteiger partial charge in [-0.05, 0) is 81.9 Å². The number of hydrogen-bond donors (Lipinski definition) is 2. The summed E-state index contributed by atoms with van der Waals surface area (Å²) in [5.74, 6) is -0.547. The van der Waals surface area contributed by atoms with E-state index in [0.717, 1.165) is 17.7 Å². The number of fused-ring (bicyclic) bond motifs is 1. The van der Waals surface area contributed by atoms with E-state index in [-0.39, 0.29) is 24.0 Å². The van der Waals surface area contributed by atoms with Gasteiger partial charge in [0.2, 0.25) is 0 Å². The number of amidine groups is 1.